The van der Waals surface area contributed by atoms with Crippen molar-refractivity contribution in [1.82, 2.24) is 5.32 Å². The summed E-state index contributed by atoms with van der Waals surface area (Å²) >= 11 is 1.38. The van der Waals surface area contributed by atoms with Crippen molar-refractivity contribution in [3.05, 3.63) is 21.4 Å². The number of carbonyl (C=O) groups is 1. The molecule has 4 heteroatoms. The van der Waals surface area contributed by atoms with Gasteiger partial charge in [0, 0.05) is 11.4 Å². The van der Waals surface area contributed by atoms with Gasteiger partial charge in [-0.15, -0.1) is 11.3 Å². The van der Waals surface area contributed by atoms with E-state index in [1.54, 1.807) is 0 Å². The molecule has 0 aliphatic heterocycles. The number of thiophene rings is 1. The summed E-state index contributed by atoms with van der Waals surface area (Å²) in [6, 6.07) is 1.82. The molecule has 3 rings (SSSR count). The second-order valence-electron chi connectivity index (χ2n) is 5.97. The first-order valence-corrected chi connectivity index (χ1v) is 8.00. The van der Waals surface area contributed by atoms with Gasteiger partial charge in [0.25, 0.3) is 0 Å². The molecule has 19 heavy (non-hydrogen) atoms. The molecule has 2 aliphatic rings. The van der Waals surface area contributed by atoms with Crippen molar-refractivity contribution in [3.8, 4) is 0 Å². The molecule has 0 amide bonds. The van der Waals surface area contributed by atoms with E-state index < -0.39 is 5.97 Å². The lowest BCUT2D eigenvalue weighted by Gasteiger charge is -2.16. The largest absolute Gasteiger partial charge is 0.477 e. The fourth-order valence-electron chi connectivity index (χ4n) is 2.94. The summed E-state index contributed by atoms with van der Waals surface area (Å²) in [6.45, 7) is 3.92. The van der Waals surface area contributed by atoms with Crippen molar-refractivity contribution in [1.29, 1.82) is 0 Å². The molecule has 0 atom stereocenters. The minimum absolute atomic E-state index is 0.454. The highest BCUT2D eigenvalue weighted by atomic mass is 32.1. The topological polar surface area (TPSA) is 49.3 Å². The van der Waals surface area contributed by atoms with Crippen LogP contribution in [0.4, 0.5) is 0 Å². The van der Waals surface area contributed by atoms with Gasteiger partial charge in [0.1, 0.15) is 4.88 Å². The van der Waals surface area contributed by atoms with Crippen LogP contribution in [0.15, 0.2) is 6.07 Å². The van der Waals surface area contributed by atoms with Crippen LogP contribution in [0.3, 0.4) is 0 Å². The van der Waals surface area contributed by atoms with Crippen LogP contribution in [-0.4, -0.2) is 17.6 Å². The van der Waals surface area contributed by atoms with Gasteiger partial charge in [0.15, 0.2) is 0 Å². The van der Waals surface area contributed by atoms with Gasteiger partial charge < -0.3 is 10.4 Å². The van der Waals surface area contributed by atoms with Crippen molar-refractivity contribution in [2.24, 2.45) is 17.8 Å². The van der Waals surface area contributed by atoms with Crippen molar-refractivity contribution < 1.29 is 9.90 Å². The van der Waals surface area contributed by atoms with Crippen LogP contribution in [0.1, 0.15) is 45.8 Å². The molecule has 0 aromatic carbocycles. The Morgan fingerprint density at radius 2 is 2.05 bits per heavy atom. The van der Waals surface area contributed by atoms with Gasteiger partial charge in [0.2, 0.25) is 0 Å². The molecule has 1 aromatic heterocycles. The van der Waals surface area contributed by atoms with Crippen LogP contribution in [0.2, 0.25) is 0 Å². The van der Waals surface area contributed by atoms with Crippen molar-refractivity contribution in [2.45, 2.75) is 39.2 Å². The molecule has 0 saturated heterocycles. The van der Waals surface area contributed by atoms with E-state index in [4.69, 9.17) is 5.11 Å². The van der Waals surface area contributed by atoms with Crippen molar-refractivity contribution in [3.63, 3.8) is 0 Å². The van der Waals surface area contributed by atoms with Crippen LogP contribution in [0.25, 0.3) is 0 Å². The average molecular weight is 279 g/mol. The molecule has 104 valence electrons. The van der Waals surface area contributed by atoms with Gasteiger partial charge in [-0.2, -0.15) is 0 Å². The number of rotatable bonds is 7. The lowest BCUT2D eigenvalue weighted by atomic mass is 9.98. The van der Waals surface area contributed by atoms with Gasteiger partial charge in [-0.05, 0) is 68.5 Å². The second-order valence-corrected chi connectivity index (χ2v) is 7.22. The number of carboxylic acid groups (broad SMARTS) is 1. The third-order valence-electron chi connectivity index (χ3n) is 4.38. The summed E-state index contributed by atoms with van der Waals surface area (Å²) in [6.07, 6.45) is 5.68. The number of nitrogens with one attached hydrogen (secondary N) is 1. The Hall–Kier alpha value is -0.870. The minimum Gasteiger partial charge on any atom is -0.477 e. The van der Waals surface area contributed by atoms with Crippen LogP contribution in [-0.2, 0) is 6.54 Å². The predicted molar refractivity (Wildman–Crippen MR) is 76.7 cm³/mol. The molecule has 0 bridgehead atoms. The first-order valence-electron chi connectivity index (χ1n) is 7.18. The van der Waals surface area contributed by atoms with Crippen LogP contribution >= 0.6 is 11.3 Å². The maximum atomic E-state index is 10.9. The number of aromatic carboxylic acids is 1. The number of hydrogen-bond donors (Lipinski definition) is 2. The standard InChI is InChI=1S/C15H21NO2S/c1-9-12(6-14(19-9)15(17)18)7-16-8-13(10-2-3-10)11-4-5-11/h6,10-11,13,16H,2-5,7-8H2,1H3,(H,17,18). The summed E-state index contributed by atoms with van der Waals surface area (Å²) in [5.74, 6) is 2.00. The molecule has 2 saturated carbocycles. The van der Waals surface area contributed by atoms with E-state index in [0.29, 0.717) is 4.88 Å². The van der Waals surface area contributed by atoms with Gasteiger partial charge in [-0.25, -0.2) is 4.79 Å². The fourth-order valence-corrected chi connectivity index (χ4v) is 3.82. The molecule has 2 N–H and O–H groups in total. The molecular weight excluding hydrogens is 258 g/mol. The van der Waals surface area contributed by atoms with Crippen molar-refractivity contribution in [2.75, 3.05) is 6.54 Å². The molecule has 1 aromatic rings. The van der Waals surface area contributed by atoms with Crippen molar-refractivity contribution >= 4 is 17.3 Å². The Kier molecular flexibility index (Phi) is 3.63. The van der Waals surface area contributed by atoms with E-state index in [0.717, 1.165) is 41.3 Å². The third kappa shape index (κ3) is 3.18. The summed E-state index contributed by atoms with van der Waals surface area (Å²) in [5, 5.41) is 12.5. The maximum Gasteiger partial charge on any atom is 0.345 e. The molecule has 0 unspecified atom stereocenters. The first kappa shape index (κ1) is 13.1. The lowest BCUT2D eigenvalue weighted by molar-refractivity contribution is 0.0702. The fraction of sp³-hybridized carbons (Fsp3) is 0.667. The monoisotopic (exact) mass is 279 g/mol. The zero-order chi connectivity index (χ0) is 13.4. The highest BCUT2D eigenvalue weighted by Gasteiger charge is 2.40. The summed E-state index contributed by atoms with van der Waals surface area (Å²) in [5.41, 5.74) is 1.15. The van der Waals surface area contributed by atoms with E-state index in [1.165, 1.54) is 37.0 Å². The summed E-state index contributed by atoms with van der Waals surface area (Å²) in [7, 11) is 0. The average Bonchev–Trinajstić information content (AvgIpc) is 3.25. The maximum absolute atomic E-state index is 10.9. The van der Waals surface area contributed by atoms with Crippen LogP contribution in [0, 0.1) is 24.7 Å². The summed E-state index contributed by atoms with van der Waals surface area (Å²) < 4.78 is 0. The summed E-state index contributed by atoms with van der Waals surface area (Å²) in [4.78, 5) is 12.5. The first-order chi connectivity index (χ1) is 9.15. The Balaban J connectivity index is 1.52. The molecule has 2 fully saturated rings. The molecular formula is C15H21NO2S. The second kappa shape index (κ2) is 5.25. The molecule has 1 heterocycles. The van der Waals surface area contributed by atoms with Gasteiger partial charge in [-0.1, -0.05) is 0 Å². The SMILES string of the molecule is Cc1sc(C(=O)O)cc1CNCC(C1CC1)C1CC1. The van der Waals surface area contributed by atoms with E-state index in [1.807, 2.05) is 13.0 Å². The van der Waals surface area contributed by atoms with E-state index in [-0.39, 0.29) is 0 Å². The number of aryl methyl sites for hydroxylation is 1. The van der Waals surface area contributed by atoms with Gasteiger partial charge in [0.05, 0.1) is 0 Å². The molecule has 2 aliphatic carbocycles. The Morgan fingerprint density at radius 1 is 1.42 bits per heavy atom. The quantitative estimate of drug-likeness (QED) is 0.805. The number of carboxylic acids is 1. The van der Waals surface area contributed by atoms with Gasteiger partial charge in [-0.3, -0.25) is 0 Å². The molecule has 0 radical (unpaired) electrons. The Bertz CT molecular complexity index is 462. The highest BCUT2D eigenvalue weighted by Crippen LogP contribution is 2.48. The smallest absolute Gasteiger partial charge is 0.345 e. The zero-order valence-corrected chi connectivity index (χ0v) is 12.1. The predicted octanol–water partition coefficient (Wildman–Crippen LogP) is 3.28. The van der Waals surface area contributed by atoms with Crippen LogP contribution < -0.4 is 5.32 Å². The normalized spacial score (nSPS) is 19.1. The highest BCUT2D eigenvalue weighted by molar-refractivity contribution is 7.14. The van der Waals surface area contributed by atoms with E-state index in [9.17, 15) is 4.79 Å². The van der Waals surface area contributed by atoms with E-state index in [2.05, 4.69) is 5.32 Å². The van der Waals surface area contributed by atoms with E-state index >= 15 is 0 Å². The zero-order valence-electron chi connectivity index (χ0n) is 11.3. The number of hydrogen-bond acceptors (Lipinski definition) is 3. The minimum atomic E-state index is -0.812. The Labute approximate surface area is 118 Å². The van der Waals surface area contributed by atoms with Gasteiger partial charge >= 0.3 is 5.97 Å². The Morgan fingerprint density at radius 3 is 2.53 bits per heavy atom. The lowest BCUT2D eigenvalue weighted by Crippen LogP contribution is -2.25. The molecule has 3 nitrogen and oxygen atoms in total. The third-order valence-corrected chi connectivity index (χ3v) is 5.46. The van der Waals surface area contributed by atoms with Crippen LogP contribution in [0.5, 0.6) is 0 Å². The molecule has 0 spiro atoms.